The van der Waals surface area contributed by atoms with E-state index in [9.17, 15) is 18.0 Å². The molecule has 0 spiro atoms. The fourth-order valence-electron chi connectivity index (χ4n) is 2.49. The number of imidazole rings is 1. The van der Waals surface area contributed by atoms with Gasteiger partial charge in [-0.15, -0.1) is 0 Å². The first-order chi connectivity index (χ1) is 11.7. The summed E-state index contributed by atoms with van der Waals surface area (Å²) in [5, 5.41) is 8.66. The van der Waals surface area contributed by atoms with E-state index in [-0.39, 0.29) is 24.6 Å². The predicted octanol–water partition coefficient (Wildman–Crippen LogP) is 0.904. The molecule has 1 heterocycles. The lowest BCUT2D eigenvalue weighted by molar-refractivity contribution is -0.138. The highest BCUT2D eigenvalue weighted by Crippen LogP contribution is 2.18. The first-order valence-corrected chi connectivity index (χ1v) is 9.81. The number of nitrogens with zero attached hydrogens (tertiary/aromatic N) is 3. The van der Waals surface area contributed by atoms with Crippen LogP contribution in [0.4, 0.5) is 0 Å². The van der Waals surface area contributed by atoms with Crippen LogP contribution in [0.25, 0.3) is 11.0 Å². The van der Waals surface area contributed by atoms with Crippen LogP contribution in [0.15, 0.2) is 24.3 Å². The number of para-hydroxylation sites is 2. The standard InChI is InChI=1S/C16H21N3O5S/c1-18(9-5-8-16(21)22)15(20)10-19-13-7-4-3-6-12(13)17-14(19)11-25(2,23)24/h3-4,6-7H,5,8-11H2,1-2H3,(H,21,22). The topological polar surface area (TPSA) is 110 Å². The van der Waals surface area contributed by atoms with Gasteiger partial charge in [0.1, 0.15) is 18.1 Å². The molecule has 1 N–H and O–H groups in total. The molecule has 2 rings (SSSR count). The second-order valence-electron chi connectivity index (χ2n) is 5.99. The van der Waals surface area contributed by atoms with Gasteiger partial charge in [-0.3, -0.25) is 9.59 Å². The van der Waals surface area contributed by atoms with Gasteiger partial charge < -0.3 is 14.6 Å². The van der Waals surface area contributed by atoms with E-state index >= 15 is 0 Å². The number of hydrogen-bond acceptors (Lipinski definition) is 5. The molecule has 0 saturated carbocycles. The molecular formula is C16H21N3O5S. The summed E-state index contributed by atoms with van der Waals surface area (Å²) < 4.78 is 24.9. The van der Waals surface area contributed by atoms with Crippen molar-refractivity contribution in [3.63, 3.8) is 0 Å². The zero-order chi connectivity index (χ0) is 18.6. The van der Waals surface area contributed by atoms with Crippen LogP contribution >= 0.6 is 0 Å². The maximum Gasteiger partial charge on any atom is 0.303 e. The molecule has 25 heavy (non-hydrogen) atoms. The maximum absolute atomic E-state index is 12.4. The van der Waals surface area contributed by atoms with E-state index in [2.05, 4.69) is 4.98 Å². The molecule has 0 radical (unpaired) electrons. The Kier molecular flexibility index (Phi) is 5.78. The molecule has 0 saturated heterocycles. The fourth-order valence-corrected chi connectivity index (χ4v) is 3.18. The molecule has 1 aromatic heterocycles. The number of benzene rings is 1. The Morgan fingerprint density at radius 1 is 1.28 bits per heavy atom. The molecular weight excluding hydrogens is 346 g/mol. The highest BCUT2D eigenvalue weighted by Gasteiger charge is 2.18. The van der Waals surface area contributed by atoms with Gasteiger partial charge in [0.05, 0.1) is 11.0 Å². The van der Waals surface area contributed by atoms with Crippen LogP contribution in [0.2, 0.25) is 0 Å². The van der Waals surface area contributed by atoms with Crippen LogP contribution in [0.5, 0.6) is 0 Å². The van der Waals surface area contributed by atoms with Crippen molar-refractivity contribution in [1.82, 2.24) is 14.5 Å². The zero-order valence-corrected chi connectivity index (χ0v) is 15.0. The summed E-state index contributed by atoms with van der Waals surface area (Å²) in [6, 6.07) is 7.14. The molecule has 0 unspecified atom stereocenters. The largest absolute Gasteiger partial charge is 0.481 e. The molecule has 0 bridgehead atoms. The Hall–Kier alpha value is -2.42. The molecule has 9 heteroatoms. The van der Waals surface area contributed by atoms with Gasteiger partial charge in [-0.05, 0) is 18.6 Å². The second kappa shape index (κ2) is 7.64. The van der Waals surface area contributed by atoms with Crippen molar-refractivity contribution in [3.05, 3.63) is 30.1 Å². The number of carbonyl (C=O) groups excluding carboxylic acids is 1. The zero-order valence-electron chi connectivity index (χ0n) is 14.2. The third-order valence-electron chi connectivity index (χ3n) is 3.73. The number of likely N-dealkylation sites (N-methyl/N-ethyl adjacent to an activating group) is 1. The SMILES string of the molecule is CN(CCCC(=O)O)C(=O)Cn1c(CS(C)(=O)=O)nc2ccccc21. The lowest BCUT2D eigenvalue weighted by Crippen LogP contribution is -2.32. The Morgan fingerprint density at radius 2 is 1.96 bits per heavy atom. The number of hydrogen-bond donors (Lipinski definition) is 1. The summed E-state index contributed by atoms with van der Waals surface area (Å²) in [4.78, 5) is 28.8. The molecule has 2 aromatic rings. The van der Waals surface area contributed by atoms with Crippen molar-refractivity contribution in [3.8, 4) is 0 Å². The van der Waals surface area contributed by atoms with Gasteiger partial charge in [-0.2, -0.15) is 0 Å². The molecule has 0 aliphatic carbocycles. The smallest absolute Gasteiger partial charge is 0.303 e. The summed E-state index contributed by atoms with van der Waals surface area (Å²) in [7, 11) is -1.70. The first-order valence-electron chi connectivity index (χ1n) is 7.75. The van der Waals surface area contributed by atoms with Crippen molar-refractivity contribution < 1.29 is 23.1 Å². The van der Waals surface area contributed by atoms with E-state index in [4.69, 9.17) is 5.11 Å². The molecule has 136 valence electrons. The van der Waals surface area contributed by atoms with E-state index in [0.29, 0.717) is 29.8 Å². The first kappa shape index (κ1) is 18.9. The second-order valence-corrected chi connectivity index (χ2v) is 8.13. The Labute approximate surface area is 146 Å². The molecule has 0 atom stereocenters. The minimum Gasteiger partial charge on any atom is -0.481 e. The van der Waals surface area contributed by atoms with Crippen molar-refractivity contribution >= 4 is 32.7 Å². The van der Waals surface area contributed by atoms with Gasteiger partial charge in [0.2, 0.25) is 5.91 Å². The fraction of sp³-hybridized carbons (Fsp3) is 0.438. The number of aliphatic carboxylic acids is 1. The normalized spacial score (nSPS) is 11.6. The number of carboxylic acid groups (broad SMARTS) is 1. The number of carboxylic acids is 1. The van der Waals surface area contributed by atoms with Crippen molar-refractivity contribution in [2.45, 2.75) is 25.1 Å². The van der Waals surface area contributed by atoms with Crippen molar-refractivity contribution in [2.24, 2.45) is 0 Å². The minimum atomic E-state index is -3.30. The quantitative estimate of drug-likeness (QED) is 0.742. The van der Waals surface area contributed by atoms with E-state index in [1.807, 2.05) is 0 Å². The molecule has 0 aliphatic heterocycles. The summed E-state index contributed by atoms with van der Waals surface area (Å²) in [5.74, 6) is -1.08. The van der Waals surface area contributed by atoms with Crippen LogP contribution in [0, 0.1) is 0 Å². The molecule has 1 amide bonds. The van der Waals surface area contributed by atoms with Gasteiger partial charge in [0, 0.05) is 26.3 Å². The minimum absolute atomic E-state index is 0.00897. The lowest BCUT2D eigenvalue weighted by Gasteiger charge is -2.18. The van der Waals surface area contributed by atoms with E-state index < -0.39 is 15.8 Å². The van der Waals surface area contributed by atoms with Crippen LogP contribution < -0.4 is 0 Å². The Bertz CT molecular complexity index is 888. The third kappa shape index (κ3) is 5.28. The summed E-state index contributed by atoms with van der Waals surface area (Å²) in [5.41, 5.74) is 1.32. The highest BCUT2D eigenvalue weighted by molar-refractivity contribution is 7.89. The molecule has 1 aromatic carbocycles. The Balaban J connectivity index is 2.22. The number of amides is 1. The number of aromatic nitrogens is 2. The van der Waals surface area contributed by atoms with Crippen molar-refractivity contribution in [2.75, 3.05) is 19.8 Å². The Morgan fingerprint density at radius 3 is 2.60 bits per heavy atom. The van der Waals surface area contributed by atoms with Gasteiger partial charge in [0.25, 0.3) is 0 Å². The number of sulfone groups is 1. The van der Waals surface area contributed by atoms with E-state index in [1.54, 1.807) is 35.9 Å². The third-order valence-corrected chi connectivity index (χ3v) is 4.51. The summed E-state index contributed by atoms with van der Waals surface area (Å²) >= 11 is 0. The van der Waals surface area contributed by atoms with Gasteiger partial charge in [0.15, 0.2) is 9.84 Å². The van der Waals surface area contributed by atoms with E-state index in [0.717, 1.165) is 6.26 Å². The van der Waals surface area contributed by atoms with Gasteiger partial charge in [-0.25, -0.2) is 13.4 Å². The average Bonchev–Trinajstić information content (AvgIpc) is 2.82. The van der Waals surface area contributed by atoms with Crippen molar-refractivity contribution in [1.29, 1.82) is 0 Å². The van der Waals surface area contributed by atoms with Gasteiger partial charge in [-0.1, -0.05) is 12.1 Å². The average molecular weight is 367 g/mol. The molecule has 0 aliphatic rings. The maximum atomic E-state index is 12.4. The van der Waals surface area contributed by atoms with E-state index in [1.165, 1.54) is 4.90 Å². The number of fused-ring (bicyclic) bond motifs is 1. The van der Waals surface area contributed by atoms with Crippen LogP contribution in [-0.2, 0) is 31.7 Å². The van der Waals surface area contributed by atoms with Gasteiger partial charge >= 0.3 is 5.97 Å². The number of carbonyl (C=O) groups is 2. The highest BCUT2D eigenvalue weighted by atomic mass is 32.2. The van der Waals surface area contributed by atoms with Crippen LogP contribution in [0.3, 0.4) is 0 Å². The molecule has 8 nitrogen and oxygen atoms in total. The summed E-state index contributed by atoms with van der Waals surface area (Å²) in [6.07, 6.45) is 1.47. The van der Waals surface area contributed by atoms with Crippen LogP contribution in [-0.4, -0.2) is 59.7 Å². The molecule has 0 fully saturated rings. The number of rotatable bonds is 8. The predicted molar refractivity (Wildman–Crippen MR) is 92.8 cm³/mol. The lowest BCUT2D eigenvalue weighted by atomic mass is 10.3. The summed E-state index contributed by atoms with van der Waals surface area (Å²) in [6.45, 7) is 0.272. The van der Waals surface area contributed by atoms with Crippen LogP contribution in [0.1, 0.15) is 18.7 Å². The monoisotopic (exact) mass is 367 g/mol.